The zero-order valence-electron chi connectivity index (χ0n) is 6.02. The third kappa shape index (κ3) is 0.965. The standard InChI is InChI=1S/C9H10I/c1-10-9-5-4-7-2-3-8(7)6-9/h4-6H,2-3H2,1H3/q-1. The second-order valence-corrected chi connectivity index (χ2v) is 4.93. The van der Waals surface area contributed by atoms with Crippen molar-refractivity contribution in [2.75, 3.05) is 4.93 Å². The molecule has 0 aromatic heterocycles. The summed E-state index contributed by atoms with van der Waals surface area (Å²) in [5, 5.41) is 0. The van der Waals surface area contributed by atoms with Gasteiger partial charge in [0.2, 0.25) is 0 Å². The van der Waals surface area contributed by atoms with Crippen molar-refractivity contribution >= 4 is 0 Å². The van der Waals surface area contributed by atoms with Crippen LogP contribution in [-0.2, 0) is 12.8 Å². The van der Waals surface area contributed by atoms with Crippen LogP contribution in [0.2, 0.25) is 0 Å². The van der Waals surface area contributed by atoms with E-state index in [-0.39, 0.29) is 0 Å². The van der Waals surface area contributed by atoms with Crippen LogP contribution < -0.4 is 21.2 Å². The third-order valence-corrected chi connectivity index (χ3v) is 3.97. The van der Waals surface area contributed by atoms with Gasteiger partial charge in [-0.05, 0) is 0 Å². The van der Waals surface area contributed by atoms with Gasteiger partial charge in [-0.2, -0.15) is 0 Å². The van der Waals surface area contributed by atoms with E-state index in [9.17, 15) is 0 Å². The number of benzene rings is 1. The predicted molar refractivity (Wildman–Crippen MR) is 38.5 cm³/mol. The van der Waals surface area contributed by atoms with E-state index in [0.717, 1.165) is 0 Å². The quantitative estimate of drug-likeness (QED) is 0.425. The van der Waals surface area contributed by atoms with Crippen LogP contribution in [0.3, 0.4) is 0 Å². The summed E-state index contributed by atoms with van der Waals surface area (Å²) in [6.07, 6.45) is 2.64. The number of fused-ring (bicyclic) bond motifs is 1. The molecule has 10 heavy (non-hydrogen) atoms. The molecule has 0 heterocycles. The molecule has 0 saturated heterocycles. The molecule has 2 rings (SSSR count). The van der Waals surface area contributed by atoms with Crippen molar-refractivity contribution in [3.63, 3.8) is 0 Å². The SMILES string of the molecule is C[I-]c1ccc2c(c1)CC2. The van der Waals surface area contributed by atoms with Crippen molar-refractivity contribution in [1.82, 2.24) is 0 Å². The van der Waals surface area contributed by atoms with E-state index in [1.807, 2.05) is 0 Å². The Morgan fingerprint density at radius 1 is 1.20 bits per heavy atom. The number of halogens is 1. The molecule has 0 N–H and O–H groups in total. The maximum atomic E-state index is 2.39. The Balaban J connectivity index is 2.42. The summed E-state index contributed by atoms with van der Waals surface area (Å²) in [4.78, 5) is 2.32. The molecular weight excluding hydrogens is 235 g/mol. The molecule has 0 unspecified atom stereocenters. The first-order chi connectivity index (χ1) is 4.90. The molecule has 0 fully saturated rings. The van der Waals surface area contributed by atoms with E-state index in [4.69, 9.17) is 0 Å². The van der Waals surface area contributed by atoms with Crippen LogP contribution in [0.1, 0.15) is 11.1 Å². The van der Waals surface area contributed by atoms with Gasteiger partial charge in [0, 0.05) is 0 Å². The summed E-state index contributed by atoms with van der Waals surface area (Å²) in [6, 6.07) is 6.99. The van der Waals surface area contributed by atoms with Gasteiger partial charge in [-0.1, -0.05) is 0 Å². The minimum absolute atomic E-state index is 0.314. The van der Waals surface area contributed by atoms with E-state index < -0.39 is 0 Å². The van der Waals surface area contributed by atoms with E-state index in [1.165, 1.54) is 12.8 Å². The Labute approximate surface area is 71.9 Å². The van der Waals surface area contributed by atoms with Crippen molar-refractivity contribution < 1.29 is 21.2 Å². The Bertz CT molecular complexity index is 253. The van der Waals surface area contributed by atoms with Gasteiger partial charge in [-0.25, -0.2) is 0 Å². The summed E-state index contributed by atoms with van der Waals surface area (Å²) < 4.78 is 1.59. The van der Waals surface area contributed by atoms with Crippen LogP contribution in [0.4, 0.5) is 0 Å². The average molecular weight is 245 g/mol. The summed E-state index contributed by atoms with van der Waals surface area (Å²) in [5.41, 5.74) is 3.19. The number of rotatable bonds is 1. The van der Waals surface area contributed by atoms with Crippen LogP contribution >= 0.6 is 0 Å². The van der Waals surface area contributed by atoms with Gasteiger partial charge in [0.05, 0.1) is 0 Å². The second-order valence-electron chi connectivity index (χ2n) is 2.60. The topological polar surface area (TPSA) is 0 Å². The molecule has 0 nitrogen and oxygen atoms in total. The first kappa shape index (κ1) is 6.65. The number of hydrogen-bond donors (Lipinski definition) is 0. The van der Waals surface area contributed by atoms with Gasteiger partial charge in [-0.15, -0.1) is 0 Å². The van der Waals surface area contributed by atoms with Crippen molar-refractivity contribution in [2.24, 2.45) is 0 Å². The van der Waals surface area contributed by atoms with E-state index in [2.05, 4.69) is 23.1 Å². The Hall–Kier alpha value is -0.0500. The molecule has 0 atom stereocenters. The molecule has 1 heteroatoms. The molecule has 1 aliphatic carbocycles. The van der Waals surface area contributed by atoms with Gasteiger partial charge in [0.1, 0.15) is 0 Å². The van der Waals surface area contributed by atoms with Crippen LogP contribution in [-0.4, -0.2) is 4.93 Å². The van der Waals surface area contributed by atoms with E-state index >= 15 is 0 Å². The molecule has 0 amide bonds. The Morgan fingerprint density at radius 2 is 2.00 bits per heavy atom. The fourth-order valence-electron chi connectivity index (χ4n) is 1.28. The fraction of sp³-hybridized carbons (Fsp3) is 0.333. The van der Waals surface area contributed by atoms with E-state index in [1.54, 1.807) is 14.7 Å². The Kier molecular flexibility index (Phi) is 1.68. The van der Waals surface area contributed by atoms with Gasteiger partial charge in [-0.3, -0.25) is 0 Å². The number of hydrogen-bond acceptors (Lipinski definition) is 0. The van der Waals surface area contributed by atoms with Crippen molar-refractivity contribution in [3.05, 3.63) is 32.9 Å². The second kappa shape index (κ2) is 2.53. The summed E-state index contributed by atoms with van der Waals surface area (Å²) in [6.45, 7) is 0. The zero-order chi connectivity index (χ0) is 6.97. The molecule has 1 aliphatic rings. The van der Waals surface area contributed by atoms with Crippen LogP contribution in [0.5, 0.6) is 0 Å². The van der Waals surface area contributed by atoms with Crippen LogP contribution in [0.15, 0.2) is 18.2 Å². The monoisotopic (exact) mass is 245 g/mol. The molecule has 0 spiro atoms. The van der Waals surface area contributed by atoms with Gasteiger partial charge < -0.3 is 0 Å². The summed E-state index contributed by atoms with van der Waals surface area (Å²) >= 11 is 0.314. The van der Waals surface area contributed by atoms with E-state index in [0.29, 0.717) is 21.2 Å². The fourth-order valence-corrected chi connectivity index (χ4v) is 2.51. The first-order valence-corrected chi connectivity index (χ1v) is 6.75. The van der Waals surface area contributed by atoms with Gasteiger partial charge >= 0.3 is 71.9 Å². The molecule has 54 valence electrons. The third-order valence-electron chi connectivity index (χ3n) is 2.05. The maximum absolute atomic E-state index is 2.39. The van der Waals surface area contributed by atoms with Crippen LogP contribution in [0, 0.1) is 3.57 Å². The normalized spacial score (nSPS) is 14.5. The molecular formula is C9H10I-. The summed E-state index contributed by atoms with van der Waals surface area (Å²) in [7, 11) is 0. The molecule has 0 radical (unpaired) electrons. The molecule has 0 aliphatic heterocycles. The predicted octanol–water partition coefficient (Wildman–Crippen LogP) is -1.33. The molecule has 0 saturated carbocycles. The number of aryl methyl sites for hydroxylation is 2. The van der Waals surface area contributed by atoms with Crippen molar-refractivity contribution in [1.29, 1.82) is 0 Å². The molecule has 0 bridgehead atoms. The van der Waals surface area contributed by atoms with Crippen molar-refractivity contribution in [2.45, 2.75) is 12.8 Å². The average Bonchev–Trinajstić information content (AvgIpc) is 1.92. The van der Waals surface area contributed by atoms with Gasteiger partial charge in [0.25, 0.3) is 0 Å². The van der Waals surface area contributed by atoms with Gasteiger partial charge in [0.15, 0.2) is 0 Å². The van der Waals surface area contributed by atoms with Crippen LogP contribution in [0.25, 0.3) is 0 Å². The summed E-state index contributed by atoms with van der Waals surface area (Å²) in [5.74, 6) is 0. The minimum atomic E-state index is 0.314. The zero-order valence-corrected chi connectivity index (χ0v) is 8.18. The molecule has 1 aromatic carbocycles. The molecule has 1 aromatic rings. The number of alkyl halides is 1. The first-order valence-electron chi connectivity index (χ1n) is 3.51. The Morgan fingerprint density at radius 3 is 2.50 bits per heavy atom. The van der Waals surface area contributed by atoms with Crippen molar-refractivity contribution in [3.8, 4) is 0 Å².